The highest BCUT2D eigenvalue weighted by molar-refractivity contribution is 7.89. The number of benzene rings is 1. The number of hydrogen-bond acceptors (Lipinski definition) is 5. The van der Waals surface area contributed by atoms with Crippen LogP contribution in [0.25, 0.3) is 0 Å². The molecule has 1 rings (SSSR count). The van der Waals surface area contributed by atoms with Crippen LogP contribution in [0.2, 0.25) is 0 Å². The van der Waals surface area contributed by atoms with Crippen LogP contribution in [0.4, 0.5) is 0 Å². The molecule has 0 heterocycles. The average molecular weight is 269 g/mol. The summed E-state index contributed by atoms with van der Waals surface area (Å²) in [4.78, 5) is 13.8. The lowest BCUT2D eigenvalue weighted by atomic mass is 10.1. The largest absolute Gasteiger partial charge is 0.345 e. The number of nitrogens with one attached hydrogen (secondary N) is 1. The molecule has 0 saturated heterocycles. The molecule has 8 heteroatoms. The number of amides is 1. The number of nitriles is 1. The van der Waals surface area contributed by atoms with Crippen LogP contribution in [0.5, 0.6) is 0 Å². The second kappa shape index (κ2) is 5.14. The van der Waals surface area contributed by atoms with Crippen LogP contribution in [-0.4, -0.2) is 38.5 Å². The van der Waals surface area contributed by atoms with Crippen molar-refractivity contribution >= 4 is 15.9 Å². The highest BCUT2D eigenvalue weighted by Crippen LogP contribution is 2.15. The SMILES string of the molecule is CN(C)C(=O)c1cc(C#N)cc(S(=O)(=O)NO)c1. The molecule has 1 aromatic carbocycles. The van der Waals surface area contributed by atoms with Crippen LogP contribution in [-0.2, 0) is 10.0 Å². The Morgan fingerprint density at radius 1 is 1.39 bits per heavy atom. The molecule has 96 valence electrons. The predicted molar refractivity (Wildman–Crippen MR) is 61.3 cm³/mol. The zero-order chi connectivity index (χ0) is 13.9. The highest BCUT2D eigenvalue weighted by Gasteiger charge is 2.18. The Bertz CT molecular complexity index is 617. The molecule has 0 bridgehead atoms. The summed E-state index contributed by atoms with van der Waals surface area (Å²) < 4.78 is 22.8. The van der Waals surface area contributed by atoms with Gasteiger partial charge in [-0.3, -0.25) is 4.79 Å². The van der Waals surface area contributed by atoms with E-state index >= 15 is 0 Å². The third-order valence-corrected chi connectivity index (χ3v) is 3.22. The minimum absolute atomic E-state index is 0.0107. The number of carbonyl (C=O) groups excluding carboxylic acids is 1. The summed E-state index contributed by atoms with van der Waals surface area (Å²) in [5, 5.41) is 17.3. The van der Waals surface area contributed by atoms with Crippen molar-refractivity contribution in [3.05, 3.63) is 29.3 Å². The van der Waals surface area contributed by atoms with Gasteiger partial charge < -0.3 is 10.1 Å². The van der Waals surface area contributed by atoms with E-state index in [1.807, 2.05) is 0 Å². The van der Waals surface area contributed by atoms with Gasteiger partial charge in [0.1, 0.15) is 0 Å². The van der Waals surface area contributed by atoms with Crippen LogP contribution < -0.4 is 4.89 Å². The smallest absolute Gasteiger partial charge is 0.262 e. The third-order valence-electron chi connectivity index (χ3n) is 2.12. The van der Waals surface area contributed by atoms with Gasteiger partial charge in [0, 0.05) is 19.7 Å². The maximum Gasteiger partial charge on any atom is 0.262 e. The average Bonchev–Trinajstić information content (AvgIpc) is 2.36. The minimum atomic E-state index is -4.13. The molecule has 1 amide bonds. The summed E-state index contributed by atoms with van der Waals surface area (Å²) in [6.45, 7) is 0. The fourth-order valence-corrected chi connectivity index (χ4v) is 1.92. The molecule has 0 saturated carbocycles. The molecule has 0 aromatic heterocycles. The van der Waals surface area contributed by atoms with Crippen LogP contribution in [0.15, 0.2) is 23.1 Å². The quantitative estimate of drug-likeness (QED) is 0.746. The molecule has 0 aliphatic carbocycles. The van der Waals surface area contributed by atoms with E-state index in [0.29, 0.717) is 0 Å². The lowest BCUT2D eigenvalue weighted by Gasteiger charge is -2.11. The van der Waals surface area contributed by atoms with Crippen molar-refractivity contribution in [2.24, 2.45) is 0 Å². The molecule has 2 N–H and O–H groups in total. The maximum absolute atomic E-state index is 11.7. The van der Waals surface area contributed by atoms with E-state index in [9.17, 15) is 13.2 Å². The molecule has 0 aliphatic rings. The van der Waals surface area contributed by atoms with Gasteiger partial charge in [-0.05, 0) is 18.2 Å². The van der Waals surface area contributed by atoms with Gasteiger partial charge in [0.05, 0.1) is 16.5 Å². The van der Waals surface area contributed by atoms with E-state index < -0.39 is 15.9 Å². The molecule has 0 fully saturated rings. The van der Waals surface area contributed by atoms with Gasteiger partial charge in [0.2, 0.25) is 0 Å². The Hall–Kier alpha value is -1.95. The van der Waals surface area contributed by atoms with Gasteiger partial charge in [0.15, 0.2) is 0 Å². The zero-order valence-corrected chi connectivity index (χ0v) is 10.5. The van der Waals surface area contributed by atoms with Gasteiger partial charge >= 0.3 is 0 Å². The minimum Gasteiger partial charge on any atom is -0.345 e. The fraction of sp³-hybridized carbons (Fsp3) is 0.200. The fourth-order valence-electron chi connectivity index (χ4n) is 1.25. The first kappa shape index (κ1) is 14.1. The van der Waals surface area contributed by atoms with Crippen LogP contribution in [0, 0.1) is 11.3 Å². The van der Waals surface area contributed by atoms with E-state index in [-0.39, 0.29) is 16.0 Å². The Labute approximate surface area is 104 Å². The van der Waals surface area contributed by atoms with Gasteiger partial charge in [-0.25, -0.2) is 8.42 Å². The normalized spacial score (nSPS) is 10.8. The van der Waals surface area contributed by atoms with Crippen molar-refractivity contribution in [1.29, 1.82) is 5.26 Å². The zero-order valence-electron chi connectivity index (χ0n) is 9.71. The summed E-state index contributed by atoms with van der Waals surface area (Å²) in [6.07, 6.45) is 0. The van der Waals surface area contributed by atoms with Crippen LogP contribution in [0.3, 0.4) is 0 Å². The van der Waals surface area contributed by atoms with Crippen molar-refractivity contribution in [3.8, 4) is 6.07 Å². The maximum atomic E-state index is 11.7. The number of hydrogen-bond donors (Lipinski definition) is 2. The molecule has 18 heavy (non-hydrogen) atoms. The number of nitrogens with zero attached hydrogens (tertiary/aromatic N) is 2. The van der Waals surface area contributed by atoms with Crippen molar-refractivity contribution in [1.82, 2.24) is 9.79 Å². The Morgan fingerprint density at radius 2 is 2.00 bits per heavy atom. The first-order valence-corrected chi connectivity index (χ1v) is 6.23. The topological polar surface area (TPSA) is 111 Å². The van der Waals surface area contributed by atoms with Crippen molar-refractivity contribution < 1.29 is 18.4 Å². The first-order valence-electron chi connectivity index (χ1n) is 4.74. The van der Waals surface area contributed by atoms with Crippen molar-refractivity contribution in [2.75, 3.05) is 14.1 Å². The first-order chi connectivity index (χ1) is 8.31. The Balaban J connectivity index is 3.46. The Morgan fingerprint density at radius 3 is 2.44 bits per heavy atom. The molecule has 0 unspecified atom stereocenters. The summed E-state index contributed by atoms with van der Waals surface area (Å²) in [5.74, 6) is -0.443. The van der Waals surface area contributed by atoms with Gasteiger partial charge in [-0.2, -0.15) is 5.26 Å². The van der Waals surface area contributed by atoms with E-state index in [1.165, 1.54) is 25.1 Å². The summed E-state index contributed by atoms with van der Waals surface area (Å²) in [5.41, 5.74) is 0.0596. The number of carbonyl (C=O) groups is 1. The number of rotatable bonds is 3. The van der Waals surface area contributed by atoms with E-state index in [2.05, 4.69) is 0 Å². The van der Waals surface area contributed by atoms with Crippen molar-refractivity contribution in [3.63, 3.8) is 0 Å². The predicted octanol–water partition coefficient (Wildman–Crippen LogP) is -0.0724. The lowest BCUT2D eigenvalue weighted by molar-refractivity contribution is 0.0827. The van der Waals surface area contributed by atoms with E-state index in [1.54, 1.807) is 6.07 Å². The summed E-state index contributed by atoms with van der Waals surface area (Å²) in [7, 11) is -1.13. The summed E-state index contributed by atoms with van der Waals surface area (Å²) in [6, 6.07) is 5.18. The van der Waals surface area contributed by atoms with Gasteiger partial charge in [-0.15, -0.1) is 0 Å². The lowest BCUT2D eigenvalue weighted by Crippen LogP contribution is -2.23. The Kier molecular flexibility index (Phi) is 4.03. The van der Waals surface area contributed by atoms with E-state index in [4.69, 9.17) is 10.5 Å². The number of sulfonamides is 1. The van der Waals surface area contributed by atoms with Crippen LogP contribution in [0.1, 0.15) is 15.9 Å². The molecule has 0 spiro atoms. The second-order valence-corrected chi connectivity index (χ2v) is 5.31. The molecule has 1 aromatic rings. The molecule has 0 radical (unpaired) electrons. The molecular formula is C10H11N3O4S. The molecular weight excluding hydrogens is 258 g/mol. The second-order valence-electron chi connectivity index (χ2n) is 3.65. The highest BCUT2D eigenvalue weighted by atomic mass is 32.2. The van der Waals surface area contributed by atoms with Gasteiger partial charge in [-0.1, -0.05) is 4.89 Å². The van der Waals surface area contributed by atoms with Crippen LogP contribution >= 0.6 is 0 Å². The molecule has 0 aliphatic heterocycles. The standard InChI is InChI=1S/C10H11N3O4S/c1-13(2)10(14)8-3-7(6-11)4-9(5-8)18(16,17)12-15/h3-5,12,15H,1-2H3. The monoisotopic (exact) mass is 269 g/mol. The van der Waals surface area contributed by atoms with Crippen molar-refractivity contribution in [2.45, 2.75) is 4.90 Å². The third kappa shape index (κ3) is 2.84. The molecule has 7 nitrogen and oxygen atoms in total. The van der Waals surface area contributed by atoms with E-state index in [0.717, 1.165) is 17.0 Å². The summed E-state index contributed by atoms with van der Waals surface area (Å²) >= 11 is 0. The van der Waals surface area contributed by atoms with Gasteiger partial charge in [0.25, 0.3) is 15.9 Å². The molecule has 0 atom stereocenters.